The highest BCUT2D eigenvalue weighted by Crippen LogP contribution is 2.59. The molecule has 1 saturated heterocycles. The molecule has 6 rings (SSSR count). The Morgan fingerprint density at radius 3 is 2.58 bits per heavy atom. The summed E-state index contributed by atoms with van der Waals surface area (Å²) < 4.78 is 0. The number of hydrogen-bond donors (Lipinski definition) is 1. The zero-order valence-corrected chi connectivity index (χ0v) is 21.0. The second-order valence-corrected chi connectivity index (χ2v) is 11.7. The Kier molecular flexibility index (Phi) is 6.37. The standard InChI is InChI=1S/C28H37N3OS/c1-4-31(27(32)29-26-13-12-25(33-26)20-8-6-5-7-9-20)23-14-16-30(17-15-23)19-21-10-11-22-18-24(21)28(22,2)3/h5-10,12-13,22-24H,4,11,14-19H2,1-3H3,(H,29,32). The lowest BCUT2D eigenvalue weighted by atomic mass is 9.49. The molecule has 2 fully saturated rings. The van der Waals surface area contributed by atoms with Crippen LogP contribution < -0.4 is 5.32 Å². The lowest BCUT2D eigenvalue weighted by molar-refractivity contribution is -0.0117. The van der Waals surface area contributed by atoms with Crippen molar-refractivity contribution in [2.45, 2.75) is 52.5 Å². The molecule has 33 heavy (non-hydrogen) atoms. The first kappa shape index (κ1) is 22.7. The highest BCUT2D eigenvalue weighted by Gasteiger charge is 2.51. The smallest absolute Gasteiger partial charge is 0.322 e. The fraction of sp³-hybridized carbons (Fsp3) is 0.536. The summed E-state index contributed by atoms with van der Waals surface area (Å²) in [4.78, 5) is 18.9. The van der Waals surface area contributed by atoms with E-state index in [0.717, 1.165) is 55.9 Å². The minimum Gasteiger partial charge on any atom is -0.322 e. The number of nitrogens with zero attached hydrogens (tertiary/aromatic N) is 2. The van der Waals surface area contributed by atoms with E-state index in [1.165, 1.54) is 23.3 Å². The predicted octanol–water partition coefficient (Wildman–Crippen LogP) is 6.73. The number of anilines is 1. The summed E-state index contributed by atoms with van der Waals surface area (Å²) in [6.45, 7) is 11.1. The predicted molar refractivity (Wildman–Crippen MR) is 139 cm³/mol. The molecule has 1 aliphatic heterocycles. The van der Waals surface area contributed by atoms with Crippen LogP contribution in [0, 0.1) is 17.3 Å². The monoisotopic (exact) mass is 463 g/mol. The van der Waals surface area contributed by atoms with Gasteiger partial charge in [0.15, 0.2) is 0 Å². The summed E-state index contributed by atoms with van der Waals surface area (Å²) in [5.74, 6) is 1.69. The van der Waals surface area contributed by atoms with Crippen molar-refractivity contribution in [3.05, 3.63) is 54.1 Å². The number of hydrogen-bond acceptors (Lipinski definition) is 3. The van der Waals surface area contributed by atoms with Gasteiger partial charge in [-0.25, -0.2) is 4.79 Å². The summed E-state index contributed by atoms with van der Waals surface area (Å²) >= 11 is 1.64. The number of carbonyl (C=O) groups is 1. The van der Waals surface area contributed by atoms with Crippen LogP contribution in [-0.4, -0.2) is 48.1 Å². The molecule has 2 atom stereocenters. The molecular weight excluding hydrogens is 426 g/mol. The van der Waals surface area contributed by atoms with E-state index in [1.54, 1.807) is 16.9 Å². The molecule has 1 aromatic carbocycles. The van der Waals surface area contributed by atoms with Gasteiger partial charge in [-0.15, -0.1) is 11.3 Å². The van der Waals surface area contributed by atoms with Crippen LogP contribution in [0.3, 0.4) is 0 Å². The van der Waals surface area contributed by atoms with Crippen LogP contribution in [0.15, 0.2) is 54.1 Å². The van der Waals surface area contributed by atoms with Crippen molar-refractivity contribution in [1.29, 1.82) is 0 Å². The van der Waals surface area contributed by atoms with Gasteiger partial charge < -0.3 is 4.90 Å². The molecule has 0 radical (unpaired) electrons. The molecule has 0 spiro atoms. The van der Waals surface area contributed by atoms with Crippen molar-refractivity contribution in [2.75, 3.05) is 31.5 Å². The summed E-state index contributed by atoms with van der Waals surface area (Å²) in [7, 11) is 0. The van der Waals surface area contributed by atoms with Gasteiger partial charge in [-0.2, -0.15) is 0 Å². The van der Waals surface area contributed by atoms with Gasteiger partial charge in [0.05, 0.1) is 5.00 Å². The Hall–Kier alpha value is -2.11. The van der Waals surface area contributed by atoms with Crippen molar-refractivity contribution >= 4 is 22.4 Å². The first-order valence-electron chi connectivity index (χ1n) is 12.6. The zero-order chi connectivity index (χ0) is 23.0. The van der Waals surface area contributed by atoms with Crippen molar-refractivity contribution in [1.82, 2.24) is 9.80 Å². The molecule has 176 valence electrons. The van der Waals surface area contributed by atoms with Crippen molar-refractivity contribution in [2.24, 2.45) is 17.3 Å². The summed E-state index contributed by atoms with van der Waals surface area (Å²) in [6.07, 6.45) is 7.32. The Bertz CT molecular complexity index is 1000. The van der Waals surface area contributed by atoms with Gasteiger partial charge in [0, 0.05) is 37.1 Å². The highest BCUT2D eigenvalue weighted by molar-refractivity contribution is 7.19. The highest BCUT2D eigenvalue weighted by atomic mass is 32.1. The Labute approximate surface area is 202 Å². The fourth-order valence-corrected chi connectivity index (χ4v) is 7.11. The van der Waals surface area contributed by atoms with E-state index in [-0.39, 0.29) is 6.03 Å². The molecule has 2 unspecified atom stereocenters. The van der Waals surface area contributed by atoms with E-state index >= 15 is 0 Å². The van der Waals surface area contributed by atoms with Crippen LogP contribution >= 0.6 is 11.3 Å². The van der Waals surface area contributed by atoms with Gasteiger partial charge in [0.2, 0.25) is 0 Å². The van der Waals surface area contributed by atoms with Gasteiger partial charge in [-0.3, -0.25) is 10.2 Å². The normalized spacial score (nSPS) is 24.6. The topological polar surface area (TPSA) is 35.6 Å². The van der Waals surface area contributed by atoms with Crippen molar-refractivity contribution in [3.63, 3.8) is 0 Å². The number of fused-ring (bicyclic) bond motifs is 1. The molecule has 2 heterocycles. The average Bonchev–Trinajstić information content (AvgIpc) is 3.29. The van der Waals surface area contributed by atoms with E-state index in [1.807, 2.05) is 29.2 Å². The second kappa shape index (κ2) is 9.27. The molecular formula is C28H37N3OS. The average molecular weight is 464 g/mol. The first-order valence-corrected chi connectivity index (χ1v) is 13.4. The van der Waals surface area contributed by atoms with Crippen molar-refractivity contribution in [3.8, 4) is 10.4 Å². The number of urea groups is 1. The maximum atomic E-state index is 13.1. The Balaban J connectivity index is 1.14. The molecule has 1 aromatic heterocycles. The van der Waals surface area contributed by atoms with E-state index in [0.29, 0.717) is 11.5 Å². The van der Waals surface area contributed by atoms with Crippen LogP contribution in [0.1, 0.15) is 46.5 Å². The maximum absolute atomic E-state index is 13.1. The summed E-state index contributed by atoms with van der Waals surface area (Å²) in [5, 5.41) is 4.08. The van der Waals surface area contributed by atoms with E-state index in [4.69, 9.17) is 0 Å². The number of amides is 2. The van der Waals surface area contributed by atoms with Gasteiger partial charge in [0.1, 0.15) is 0 Å². The molecule has 1 saturated carbocycles. The van der Waals surface area contributed by atoms with Crippen LogP contribution in [0.4, 0.5) is 9.80 Å². The lowest BCUT2D eigenvalue weighted by Crippen LogP contribution is -2.52. The van der Waals surface area contributed by atoms with Gasteiger partial charge in [0.25, 0.3) is 0 Å². The number of nitrogens with one attached hydrogen (secondary N) is 1. The van der Waals surface area contributed by atoms with Gasteiger partial charge in [-0.05, 0) is 67.6 Å². The zero-order valence-electron chi connectivity index (χ0n) is 20.2. The number of carbonyl (C=O) groups excluding carboxylic acids is 1. The van der Waals surface area contributed by atoms with Crippen LogP contribution in [0.5, 0.6) is 0 Å². The first-order chi connectivity index (χ1) is 16.0. The third-order valence-electron chi connectivity index (χ3n) is 8.48. The minimum absolute atomic E-state index is 0.0367. The minimum atomic E-state index is 0.0367. The van der Waals surface area contributed by atoms with Crippen LogP contribution in [0.2, 0.25) is 0 Å². The van der Waals surface area contributed by atoms with E-state index < -0.39 is 0 Å². The lowest BCUT2D eigenvalue weighted by Gasteiger charge is -2.57. The van der Waals surface area contributed by atoms with E-state index in [9.17, 15) is 4.79 Å². The third-order valence-corrected chi connectivity index (χ3v) is 9.53. The third kappa shape index (κ3) is 4.50. The molecule has 2 aromatic rings. The SMILES string of the molecule is CCN(C(=O)Nc1ccc(-c2ccccc2)s1)C1CCN(CC2=CCC3CC2C3(C)C)CC1. The van der Waals surface area contributed by atoms with Crippen LogP contribution in [-0.2, 0) is 0 Å². The molecule has 4 nitrogen and oxygen atoms in total. The number of benzene rings is 1. The molecule has 4 aliphatic rings. The number of thiophene rings is 1. The largest absolute Gasteiger partial charge is 0.322 e. The number of likely N-dealkylation sites (tertiary alicyclic amines) is 1. The number of rotatable bonds is 6. The molecule has 1 N–H and O–H groups in total. The Morgan fingerprint density at radius 2 is 1.91 bits per heavy atom. The van der Waals surface area contributed by atoms with Crippen molar-refractivity contribution < 1.29 is 4.79 Å². The van der Waals surface area contributed by atoms with E-state index in [2.05, 4.69) is 55.3 Å². The van der Waals surface area contributed by atoms with Gasteiger partial charge in [-0.1, -0.05) is 55.8 Å². The second-order valence-electron chi connectivity index (χ2n) is 10.6. The molecule has 2 amide bonds. The number of piperidine rings is 1. The summed E-state index contributed by atoms with van der Waals surface area (Å²) in [6, 6.07) is 14.8. The summed E-state index contributed by atoms with van der Waals surface area (Å²) in [5.41, 5.74) is 3.37. The molecule has 3 aliphatic carbocycles. The van der Waals surface area contributed by atoms with Crippen LogP contribution in [0.25, 0.3) is 10.4 Å². The maximum Gasteiger partial charge on any atom is 0.322 e. The van der Waals surface area contributed by atoms with Gasteiger partial charge >= 0.3 is 6.03 Å². The fourth-order valence-electron chi connectivity index (χ4n) is 6.21. The Morgan fingerprint density at radius 1 is 1.15 bits per heavy atom. The molecule has 2 bridgehead atoms. The number of allylic oxidation sites excluding steroid dienone is 1. The molecule has 5 heteroatoms. The quantitative estimate of drug-likeness (QED) is 0.482.